The van der Waals surface area contributed by atoms with Gasteiger partial charge in [-0.1, -0.05) is 25.8 Å². The number of carbonyl (C=O) groups is 1. The van der Waals surface area contributed by atoms with E-state index in [2.05, 4.69) is 49.1 Å². The van der Waals surface area contributed by atoms with Crippen molar-refractivity contribution in [1.82, 2.24) is 25.1 Å². The minimum Gasteiger partial charge on any atom is -0.481 e. The molecule has 3 aromatic rings. The molecule has 1 aromatic carbocycles. The van der Waals surface area contributed by atoms with Crippen LogP contribution in [0.3, 0.4) is 0 Å². The van der Waals surface area contributed by atoms with Crippen LogP contribution in [0.15, 0.2) is 41.2 Å². The van der Waals surface area contributed by atoms with Crippen LogP contribution < -0.4 is 9.64 Å². The number of carbonyl (C=O) groups excluding carboxylic acids is 1. The van der Waals surface area contributed by atoms with Crippen molar-refractivity contribution >= 4 is 22.6 Å². The Labute approximate surface area is 230 Å². The Morgan fingerprint density at radius 2 is 1.87 bits per heavy atom. The molecule has 4 atom stereocenters. The lowest BCUT2D eigenvalue weighted by Crippen LogP contribution is -2.57. The molecule has 4 heterocycles. The van der Waals surface area contributed by atoms with Gasteiger partial charge in [0.05, 0.1) is 13.0 Å². The lowest BCUT2D eigenvalue weighted by molar-refractivity contribution is -0.142. The van der Waals surface area contributed by atoms with Crippen molar-refractivity contribution in [2.75, 3.05) is 57.8 Å². The Kier molecular flexibility index (Phi) is 7.68. The van der Waals surface area contributed by atoms with Gasteiger partial charge in [0.25, 0.3) is 0 Å². The number of hydrogen-bond donors (Lipinski definition) is 0. The third-order valence-electron chi connectivity index (χ3n) is 9.10. The van der Waals surface area contributed by atoms with Crippen LogP contribution in [0.4, 0.5) is 5.69 Å². The molecule has 0 unspecified atom stereocenters. The molecule has 2 saturated heterocycles. The summed E-state index contributed by atoms with van der Waals surface area (Å²) in [4.78, 5) is 25.4. The number of benzene rings is 1. The highest BCUT2D eigenvalue weighted by Crippen LogP contribution is 2.40. The molecule has 0 radical (unpaired) electrons. The first-order valence-electron chi connectivity index (χ1n) is 14.5. The number of nitrogens with zero attached hydrogens (tertiary/aromatic N) is 6. The molecule has 2 aromatic heterocycles. The lowest BCUT2D eigenvalue weighted by atomic mass is 9.69. The SMILES string of the molecule is COc1ccc(C[C@H](C)CN2C[C@H]3CCCC[C@@H]3[C@H](C(=O)N3CCN(c4ccc5nonc5c4)CC3)C2)cn1. The average molecular weight is 533 g/mol. The number of methoxy groups -OCH3 is 1. The largest absolute Gasteiger partial charge is 0.481 e. The Hall–Kier alpha value is -3.20. The molecule has 1 amide bonds. The van der Waals surface area contributed by atoms with E-state index < -0.39 is 0 Å². The third-order valence-corrected chi connectivity index (χ3v) is 9.10. The van der Waals surface area contributed by atoms with Crippen LogP contribution in [0.5, 0.6) is 5.88 Å². The fourth-order valence-corrected chi connectivity index (χ4v) is 7.17. The minimum atomic E-state index is 0.114. The van der Waals surface area contributed by atoms with Gasteiger partial charge in [-0.05, 0) is 71.1 Å². The first-order chi connectivity index (χ1) is 19.1. The lowest BCUT2D eigenvalue weighted by Gasteiger charge is -2.48. The summed E-state index contributed by atoms with van der Waals surface area (Å²) in [5.41, 5.74) is 3.89. The van der Waals surface area contributed by atoms with Gasteiger partial charge in [-0.15, -0.1) is 0 Å². The topological polar surface area (TPSA) is 87.8 Å². The van der Waals surface area contributed by atoms with Crippen molar-refractivity contribution in [3.8, 4) is 5.88 Å². The van der Waals surface area contributed by atoms with Gasteiger partial charge in [0.2, 0.25) is 11.8 Å². The smallest absolute Gasteiger partial charge is 0.227 e. The van der Waals surface area contributed by atoms with Crippen molar-refractivity contribution < 1.29 is 14.2 Å². The zero-order valence-corrected chi connectivity index (χ0v) is 23.2. The second-order valence-corrected chi connectivity index (χ2v) is 11.8. The van der Waals surface area contributed by atoms with E-state index in [4.69, 9.17) is 9.37 Å². The molecule has 1 aliphatic carbocycles. The highest BCUT2D eigenvalue weighted by molar-refractivity contribution is 5.80. The number of likely N-dealkylation sites (tertiary alicyclic amines) is 1. The number of aromatic nitrogens is 3. The Bertz CT molecular complexity index is 1260. The fraction of sp³-hybridized carbons (Fsp3) is 0.600. The summed E-state index contributed by atoms with van der Waals surface area (Å²) in [5, 5.41) is 7.89. The van der Waals surface area contributed by atoms with Crippen LogP contribution in [0.2, 0.25) is 0 Å². The van der Waals surface area contributed by atoms with E-state index in [1.54, 1.807) is 7.11 Å². The van der Waals surface area contributed by atoms with E-state index in [-0.39, 0.29) is 5.92 Å². The molecule has 6 rings (SSSR count). The first-order valence-corrected chi connectivity index (χ1v) is 14.5. The summed E-state index contributed by atoms with van der Waals surface area (Å²) in [7, 11) is 1.65. The number of anilines is 1. The van der Waals surface area contributed by atoms with Gasteiger partial charge >= 0.3 is 0 Å². The summed E-state index contributed by atoms with van der Waals surface area (Å²) in [6.45, 7) is 8.56. The van der Waals surface area contributed by atoms with E-state index in [1.807, 2.05) is 24.4 Å². The number of rotatable bonds is 7. The molecule has 2 aliphatic heterocycles. The van der Waals surface area contributed by atoms with Crippen molar-refractivity contribution in [2.24, 2.45) is 23.7 Å². The monoisotopic (exact) mass is 532 g/mol. The molecule has 3 fully saturated rings. The molecular formula is C30H40N6O3. The number of fused-ring (bicyclic) bond motifs is 2. The van der Waals surface area contributed by atoms with Gasteiger partial charge in [0.15, 0.2) is 0 Å². The number of piperazine rings is 1. The Morgan fingerprint density at radius 1 is 1.05 bits per heavy atom. The molecule has 9 nitrogen and oxygen atoms in total. The highest BCUT2D eigenvalue weighted by atomic mass is 16.6. The van der Waals surface area contributed by atoms with Gasteiger partial charge in [-0.2, -0.15) is 0 Å². The zero-order valence-electron chi connectivity index (χ0n) is 23.2. The third kappa shape index (κ3) is 5.73. The Balaban J connectivity index is 1.08. The number of pyridine rings is 1. The highest BCUT2D eigenvalue weighted by Gasteiger charge is 2.43. The molecule has 0 N–H and O–H groups in total. The summed E-state index contributed by atoms with van der Waals surface area (Å²) in [6.07, 6.45) is 7.93. The van der Waals surface area contributed by atoms with E-state index in [1.165, 1.54) is 31.2 Å². The van der Waals surface area contributed by atoms with E-state index >= 15 is 0 Å². The van der Waals surface area contributed by atoms with Crippen LogP contribution in [0.25, 0.3) is 11.0 Å². The molecule has 39 heavy (non-hydrogen) atoms. The molecule has 0 spiro atoms. The normalized spacial score (nSPS) is 24.9. The zero-order chi connectivity index (χ0) is 26.8. The van der Waals surface area contributed by atoms with E-state index in [9.17, 15) is 4.79 Å². The molecule has 208 valence electrons. The maximum atomic E-state index is 14.0. The predicted molar refractivity (Wildman–Crippen MR) is 150 cm³/mol. The second kappa shape index (κ2) is 11.5. The molecule has 1 saturated carbocycles. The van der Waals surface area contributed by atoms with Crippen LogP contribution in [0, 0.1) is 23.7 Å². The quantitative estimate of drug-likeness (QED) is 0.453. The summed E-state index contributed by atoms with van der Waals surface area (Å²) in [5.74, 6) is 2.81. The van der Waals surface area contributed by atoms with Crippen molar-refractivity contribution in [3.63, 3.8) is 0 Å². The number of amides is 1. The van der Waals surface area contributed by atoms with Gasteiger partial charge < -0.3 is 19.4 Å². The molecule has 9 heteroatoms. The molecule has 3 aliphatic rings. The van der Waals surface area contributed by atoms with Gasteiger partial charge in [-0.3, -0.25) is 4.79 Å². The van der Waals surface area contributed by atoms with Gasteiger partial charge in [0.1, 0.15) is 11.0 Å². The van der Waals surface area contributed by atoms with E-state index in [0.717, 1.165) is 69.0 Å². The van der Waals surface area contributed by atoms with Crippen molar-refractivity contribution in [3.05, 3.63) is 42.1 Å². The minimum absolute atomic E-state index is 0.114. The fourth-order valence-electron chi connectivity index (χ4n) is 7.17. The van der Waals surface area contributed by atoms with Gasteiger partial charge in [-0.25, -0.2) is 9.61 Å². The Morgan fingerprint density at radius 3 is 2.67 bits per heavy atom. The second-order valence-electron chi connectivity index (χ2n) is 11.8. The molecular weight excluding hydrogens is 492 g/mol. The van der Waals surface area contributed by atoms with Crippen LogP contribution in [0.1, 0.15) is 38.2 Å². The van der Waals surface area contributed by atoms with Crippen LogP contribution in [-0.2, 0) is 11.2 Å². The summed E-state index contributed by atoms with van der Waals surface area (Å²) >= 11 is 0. The maximum Gasteiger partial charge on any atom is 0.227 e. The van der Waals surface area contributed by atoms with Crippen molar-refractivity contribution in [1.29, 1.82) is 0 Å². The number of ether oxygens (including phenoxy) is 1. The standard InChI is InChI=1S/C30H40N6O3/c1-21(15-22-7-10-29(38-2)31-17-22)18-34-19-23-5-3-4-6-25(23)26(20-34)30(37)36-13-11-35(12-14-36)24-8-9-27-28(16-24)33-39-32-27/h7-10,16-17,21,23,25-26H,3-6,11-15,18-20H2,1-2H3/t21-,23+,25-,26+/m0/s1. The van der Waals surface area contributed by atoms with Crippen LogP contribution in [-0.4, -0.2) is 83.9 Å². The predicted octanol–water partition coefficient (Wildman–Crippen LogP) is 3.89. The van der Waals surface area contributed by atoms with Crippen LogP contribution >= 0.6 is 0 Å². The van der Waals surface area contributed by atoms with Gasteiger partial charge in [0, 0.05) is 63.8 Å². The number of hydrogen-bond acceptors (Lipinski definition) is 8. The first kappa shape index (κ1) is 26.0. The average Bonchev–Trinajstić information content (AvgIpc) is 3.45. The maximum absolute atomic E-state index is 14.0. The summed E-state index contributed by atoms with van der Waals surface area (Å²) in [6, 6.07) is 10.1. The van der Waals surface area contributed by atoms with E-state index in [0.29, 0.717) is 29.5 Å². The number of piperidine rings is 1. The van der Waals surface area contributed by atoms with Crippen molar-refractivity contribution in [2.45, 2.75) is 39.0 Å². The summed E-state index contributed by atoms with van der Waals surface area (Å²) < 4.78 is 10.1. The molecule has 0 bridgehead atoms.